The Morgan fingerprint density at radius 1 is 1.12 bits per heavy atom. The zero-order valence-electron chi connectivity index (χ0n) is 21.9. The molecule has 0 spiro atoms. The highest BCUT2D eigenvalue weighted by atomic mass is 19.4. The number of nitrogens with one attached hydrogen (secondary N) is 2. The molecule has 1 saturated heterocycles. The first-order chi connectivity index (χ1) is 19.7. The quantitative estimate of drug-likeness (QED) is 0.378. The summed E-state index contributed by atoms with van der Waals surface area (Å²) in [6, 6.07) is -0.0147. The van der Waals surface area contributed by atoms with Gasteiger partial charge in [-0.3, -0.25) is 4.79 Å². The van der Waals surface area contributed by atoms with E-state index in [2.05, 4.69) is 30.9 Å². The van der Waals surface area contributed by atoms with E-state index in [1.54, 1.807) is 0 Å². The molecule has 2 fully saturated rings. The minimum absolute atomic E-state index is 0.0566. The van der Waals surface area contributed by atoms with E-state index in [0.29, 0.717) is 5.56 Å². The van der Waals surface area contributed by atoms with E-state index in [0.717, 1.165) is 15.9 Å². The van der Waals surface area contributed by atoms with Crippen LogP contribution in [0.1, 0.15) is 59.9 Å². The van der Waals surface area contributed by atoms with Gasteiger partial charge in [-0.15, -0.1) is 5.10 Å². The number of urea groups is 1. The molecule has 2 N–H and O–H groups in total. The van der Waals surface area contributed by atoms with Crippen LogP contribution >= 0.6 is 0 Å². The van der Waals surface area contributed by atoms with Crippen molar-refractivity contribution in [3.63, 3.8) is 0 Å². The highest BCUT2D eigenvalue weighted by Crippen LogP contribution is 2.41. The molecule has 3 aromatic rings. The van der Waals surface area contributed by atoms with E-state index in [-0.39, 0.29) is 36.4 Å². The van der Waals surface area contributed by atoms with Crippen LogP contribution in [0.3, 0.4) is 0 Å². The van der Waals surface area contributed by atoms with E-state index in [1.165, 1.54) is 23.0 Å². The van der Waals surface area contributed by atoms with Crippen molar-refractivity contribution in [1.82, 2.24) is 45.1 Å². The molecular weight excluding hydrogens is 579 g/mol. The normalized spacial score (nSPS) is 20.0. The summed E-state index contributed by atoms with van der Waals surface area (Å²) < 4.78 is 94.4. The summed E-state index contributed by atoms with van der Waals surface area (Å²) in [7, 11) is 0. The predicted octanol–water partition coefficient (Wildman–Crippen LogP) is 3.73. The van der Waals surface area contributed by atoms with Gasteiger partial charge in [-0.2, -0.15) is 28.2 Å². The van der Waals surface area contributed by atoms with Gasteiger partial charge in [-0.1, -0.05) is 0 Å². The van der Waals surface area contributed by atoms with E-state index in [9.17, 15) is 40.3 Å². The smallest absolute Gasteiger partial charge is 0.342 e. The molecule has 1 saturated carbocycles. The lowest BCUT2D eigenvalue weighted by Crippen LogP contribution is -2.56. The maximum atomic E-state index is 13.9. The third-order valence-corrected chi connectivity index (χ3v) is 7.18. The first kappa shape index (κ1) is 29.5. The number of alkyl halides is 7. The number of fused-ring (bicyclic) bond motifs is 1. The zero-order valence-corrected chi connectivity index (χ0v) is 21.9. The van der Waals surface area contributed by atoms with Crippen molar-refractivity contribution in [3.8, 4) is 0 Å². The largest absolute Gasteiger partial charge is 0.390 e. The number of hydrogen-bond donors (Lipinski definition) is 2. The number of hydrogen-bond acceptors (Lipinski definition) is 6. The van der Waals surface area contributed by atoms with Crippen molar-refractivity contribution < 1.29 is 40.3 Å². The molecule has 18 heteroatoms. The zero-order chi connectivity index (χ0) is 30.3. The number of rotatable bonds is 8. The number of amides is 3. The van der Waals surface area contributed by atoms with Crippen LogP contribution in [-0.4, -0.2) is 77.5 Å². The van der Waals surface area contributed by atoms with Gasteiger partial charge >= 0.3 is 12.2 Å². The number of carbonyl (C=O) groups excluding carboxylic acids is 2. The molecule has 0 radical (unpaired) electrons. The fourth-order valence-electron chi connectivity index (χ4n) is 5.02. The topological polar surface area (TPSA) is 122 Å². The van der Waals surface area contributed by atoms with Gasteiger partial charge in [-0.25, -0.2) is 31.9 Å². The lowest BCUT2D eigenvalue weighted by Gasteiger charge is -2.33. The SMILES string of the molecule is O=C(NC(c1cn2ncc(CN3CC(F)(F)CNC3=O)cc2n1)C1CCC(F)(F)CC1)c1cnn(CCC(F)(F)F)n1. The molecule has 3 aromatic heterocycles. The van der Waals surface area contributed by atoms with Crippen LogP contribution in [0.15, 0.2) is 24.7 Å². The average Bonchev–Trinajstić information content (AvgIpc) is 3.55. The lowest BCUT2D eigenvalue weighted by molar-refractivity contribution is -0.137. The van der Waals surface area contributed by atoms with Crippen LogP contribution in [0.25, 0.3) is 5.65 Å². The second-order valence-corrected chi connectivity index (χ2v) is 10.5. The Balaban J connectivity index is 1.36. The van der Waals surface area contributed by atoms with Crippen molar-refractivity contribution in [2.45, 2.75) is 69.3 Å². The van der Waals surface area contributed by atoms with E-state index >= 15 is 0 Å². The monoisotopic (exact) mass is 605 g/mol. The Hall–Kier alpha value is -3.99. The summed E-state index contributed by atoms with van der Waals surface area (Å²) in [6.07, 6.45) is -2.47. The first-order valence-electron chi connectivity index (χ1n) is 13.1. The highest BCUT2D eigenvalue weighted by molar-refractivity contribution is 5.92. The number of halogens is 7. The standard InChI is InChI=1S/C24H26F7N9O2/c25-22(26)3-1-15(2-4-22)19(36-20(41)16-9-34-40(37-16)6-5-24(29,30)31)17-11-39-18(35-17)7-14(8-33-39)10-38-13-23(27,28)12-32-21(38)42/h7-9,11,15,19H,1-6,10,12-13H2,(H,32,42)(H,36,41). The fraction of sp³-hybridized carbons (Fsp3) is 0.583. The van der Waals surface area contributed by atoms with Crippen LogP contribution in [0, 0.1) is 5.92 Å². The number of aryl methyl sites for hydroxylation is 1. The Bertz CT molecular complexity index is 1450. The molecule has 2 aliphatic rings. The van der Waals surface area contributed by atoms with Gasteiger partial charge in [0.25, 0.3) is 11.8 Å². The van der Waals surface area contributed by atoms with E-state index < -0.39 is 80.8 Å². The molecule has 1 aliphatic heterocycles. The summed E-state index contributed by atoms with van der Waals surface area (Å²) in [5, 5.41) is 16.6. The molecular formula is C24H26F7N9O2. The van der Waals surface area contributed by atoms with Crippen molar-refractivity contribution in [3.05, 3.63) is 41.6 Å². The Labute approximate surface area is 233 Å². The molecule has 1 unspecified atom stereocenters. The molecule has 1 aliphatic carbocycles. The third-order valence-electron chi connectivity index (χ3n) is 7.18. The average molecular weight is 606 g/mol. The van der Waals surface area contributed by atoms with Gasteiger partial charge in [0, 0.05) is 19.4 Å². The summed E-state index contributed by atoms with van der Waals surface area (Å²) in [6.45, 7) is -2.29. The molecule has 228 valence electrons. The summed E-state index contributed by atoms with van der Waals surface area (Å²) in [4.78, 5) is 31.3. The van der Waals surface area contributed by atoms with Crippen LogP contribution in [-0.2, 0) is 13.1 Å². The number of carbonyl (C=O) groups is 2. The predicted molar refractivity (Wildman–Crippen MR) is 130 cm³/mol. The molecule has 3 amide bonds. The van der Waals surface area contributed by atoms with Crippen molar-refractivity contribution in [1.29, 1.82) is 0 Å². The van der Waals surface area contributed by atoms with Gasteiger partial charge in [0.1, 0.15) is 0 Å². The van der Waals surface area contributed by atoms with Gasteiger partial charge in [0.05, 0.1) is 56.4 Å². The maximum Gasteiger partial charge on any atom is 0.390 e. The molecule has 5 rings (SSSR count). The summed E-state index contributed by atoms with van der Waals surface area (Å²) >= 11 is 0. The number of aromatic nitrogens is 6. The second kappa shape index (κ2) is 11.0. The molecule has 1 atom stereocenters. The van der Waals surface area contributed by atoms with Gasteiger partial charge in [0.2, 0.25) is 5.92 Å². The van der Waals surface area contributed by atoms with Crippen LogP contribution in [0.4, 0.5) is 35.5 Å². The second-order valence-electron chi connectivity index (χ2n) is 10.5. The van der Waals surface area contributed by atoms with Crippen LogP contribution in [0.2, 0.25) is 0 Å². The number of imidazole rings is 1. The molecule has 42 heavy (non-hydrogen) atoms. The lowest BCUT2D eigenvalue weighted by atomic mass is 9.81. The van der Waals surface area contributed by atoms with Crippen molar-refractivity contribution in [2.24, 2.45) is 5.92 Å². The minimum atomic E-state index is -4.44. The molecule has 0 bridgehead atoms. The van der Waals surface area contributed by atoms with Crippen molar-refractivity contribution in [2.75, 3.05) is 13.1 Å². The highest BCUT2D eigenvalue weighted by Gasteiger charge is 2.40. The number of nitrogens with zero attached hydrogens (tertiary/aromatic N) is 7. The van der Waals surface area contributed by atoms with Crippen LogP contribution in [0.5, 0.6) is 0 Å². The minimum Gasteiger partial charge on any atom is -0.342 e. The van der Waals surface area contributed by atoms with Gasteiger partial charge < -0.3 is 15.5 Å². The summed E-state index contributed by atoms with van der Waals surface area (Å²) in [5.41, 5.74) is 0.671. The summed E-state index contributed by atoms with van der Waals surface area (Å²) in [5.74, 6) is -7.19. The molecule has 0 aromatic carbocycles. The first-order valence-corrected chi connectivity index (χ1v) is 13.1. The van der Waals surface area contributed by atoms with Crippen molar-refractivity contribution >= 4 is 17.6 Å². The third kappa shape index (κ3) is 7.07. The molecule has 4 heterocycles. The Kier molecular flexibility index (Phi) is 7.74. The molecule has 11 nitrogen and oxygen atoms in total. The van der Waals surface area contributed by atoms with Crippen LogP contribution < -0.4 is 10.6 Å². The fourth-order valence-corrected chi connectivity index (χ4v) is 5.02. The van der Waals surface area contributed by atoms with Gasteiger partial charge in [0.15, 0.2) is 11.3 Å². The Morgan fingerprint density at radius 2 is 1.86 bits per heavy atom. The van der Waals surface area contributed by atoms with E-state index in [4.69, 9.17) is 0 Å². The van der Waals surface area contributed by atoms with Gasteiger partial charge in [-0.05, 0) is 30.4 Å². The maximum absolute atomic E-state index is 13.9. The Morgan fingerprint density at radius 3 is 2.57 bits per heavy atom. The van der Waals surface area contributed by atoms with E-state index in [1.807, 2.05) is 0 Å².